The predicted octanol–water partition coefficient (Wildman–Crippen LogP) is 1.54. The number of hydrogen-bond acceptors (Lipinski definition) is 6. The molecule has 0 amide bonds. The van der Waals surface area contributed by atoms with Crippen molar-refractivity contribution in [2.45, 2.75) is 52.5 Å². The Morgan fingerprint density at radius 2 is 2.05 bits per heavy atom. The molecule has 2 aromatic heterocycles. The van der Waals surface area contributed by atoms with Crippen molar-refractivity contribution in [3.05, 3.63) is 17.4 Å². The summed E-state index contributed by atoms with van der Waals surface area (Å²) >= 11 is 0. The van der Waals surface area contributed by atoms with E-state index in [0.29, 0.717) is 24.1 Å². The molecular weight excluding hydrogens is 244 g/mol. The van der Waals surface area contributed by atoms with Crippen LogP contribution in [0.25, 0.3) is 0 Å². The Bertz CT molecular complexity index is 551. The lowest BCUT2D eigenvalue weighted by molar-refractivity contribution is 0.350. The number of anilines is 1. The molecular formula is C12H20N6O. The van der Waals surface area contributed by atoms with E-state index < -0.39 is 0 Å². The van der Waals surface area contributed by atoms with Crippen molar-refractivity contribution in [2.24, 2.45) is 0 Å². The van der Waals surface area contributed by atoms with E-state index in [4.69, 9.17) is 10.3 Å². The molecule has 2 aromatic rings. The average Bonchev–Trinajstić information content (AvgIpc) is 2.90. The number of nitrogen functional groups attached to an aromatic ring is 1. The normalized spacial score (nSPS) is 12.0. The SMILES string of the molecule is CCCc1c(N)nnn1Cc1nc(C(C)(C)C)no1. The molecule has 7 heteroatoms. The molecule has 0 radical (unpaired) electrons. The van der Waals surface area contributed by atoms with Gasteiger partial charge in [0.15, 0.2) is 11.6 Å². The maximum absolute atomic E-state index is 5.79. The van der Waals surface area contributed by atoms with Gasteiger partial charge in [-0.25, -0.2) is 4.68 Å². The van der Waals surface area contributed by atoms with Gasteiger partial charge in [-0.3, -0.25) is 0 Å². The Kier molecular flexibility index (Phi) is 3.55. The van der Waals surface area contributed by atoms with Crippen molar-refractivity contribution in [1.82, 2.24) is 25.1 Å². The molecule has 19 heavy (non-hydrogen) atoms. The third-order valence-corrected chi connectivity index (χ3v) is 2.78. The minimum absolute atomic E-state index is 0.130. The van der Waals surface area contributed by atoms with E-state index >= 15 is 0 Å². The first kappa shape index (κ1) is 13.5. The first-order chi connectivity index (χ1) is 8.91. The van der Waals surface area contributed by atoms with Crippen LogP contribution in [-0.2, 0) is 18.4 Å². The summed E-state index contributed by atoms with van der Waals surface area (Å²) in [6, 6.07) is 0. The molecule has 2 rings (SSSR count). The van der Waals surface area contributed by atoms with Crippen molar-refractivity contribution in [3.63, 3.8) is 0 Å². The molecule has 0 fully saturated rings. The Hall–Kier alpha value is -1.92. The molecule has 104 valence electrons. The minimum atomic E-state index is -0.130. The standard InChI is InChI=1S/C12H20N6O/c1-5-6-8-10(13)15-17-18(8)7-9-14-11(16-19-9)12(2,3)4/h5-7,13H2,1-4H3. The number of hydrogen-bond donors (Lipinski definition) is 1. The second kappa shape index (κ2) is 4.99. The molecule has 2 N–H and O–H groups in total. The fourth-order valence-electron chi connectivity index (χ4n) is 1.72. The van der Waals surface area contributed by atoms with Gasteiger partial charge in [0.05, 0.1) is 5.69 Å². The third kappa shape index (κ3) is 2.91. The quantitative estimate of drug-likeness (QED) is 0.899. The number of rotatable bonds is 4. The van der Waals surface area contributed by atoms with E-state index in [1.807, 2.05) is 20.8 Å². The van der Waals surface area contributed by atoms with Crippen LogP contribution >= 0.6 is 0 Å². The zero-order chi connectivity index (χ0) is 14.0. The second-order valence-electron chi connectivity index (χ2n) is 5.59. The van der Waals surface area contributed by atoms with Gasteiger partial charge in [-0.15, -0.1) is 5.10 Å². The van der Waals surface area contributed by atoms with Crippen LogP contribution < -0.4 is 5.73 Å². The van der Waals surface area contributed by atoms with Crippen molar-refractivity contribution in [2.75, 3.05) is 5.73 Å². The maximum atomic E-state index is 5.79. The van der Waals surface area contributed by atoms with E-state index in [0.717, 1.165) is 18.5 Å². The van der Waals surface area contributed by atoms with Crippen LogP contribution in [0.4, 0.5) is 5.82 Å². The zero-order valence-corrected chi connectivity index (χ0v) is 11.8. The number of nitrogens with two attached hydrogens (primary N) is 1. The first-order valence-electron chi connectivity index (χ1n) is 6.42. The summed E-state index contributed by atoms with van der Waals surface area (Å²) in [5.41, 5.74) is 6.58. The van der Waals surface area contributed by atoms with Gasteiger partial charge in [-0.05, 0) is 6.42 Å². The van der Waals surface area contributed by atoms with Gasteiger partial charge < -0.3 is 10.3 Å². The summed E-state index contributed by atoms with van der Waals surface area (Å²) in [6.45, 7) is 8.61. The highest BCUT2D eigenvalue weighted by Crippen LogP contribution is 2.19. The lowest BCUT2D eigenvalue weighted by Gasteiger charge is -2.10. The van der Waals surface area contributed by atoms with Crippen LogP contribution in [-0.4, -0.2) is 25.1 Å². The lowest BCUT2D eigenvalue weighted by atomic mass is 9.96. The van der Waals surface area contributed by atoms with E-state index in [9.17, 15) is 0 Å². The highest BCUT2D eigenvalue weighted by atomic mass is 16.5. The van der Waals surface area contributed by atoms with Gasteiger partial charge in [0.1, 0.15) is 6.54 Å². The molecule has 0 aromatic carbocycles. The summed E-state index contributed by atoms with van der Waals surface area (Å²) in [7, 11) is 0. The van der Waals surface area contributed by atoms with Crippen LogP contribution in [0.3, 0.4) is 0 Å². The molecule has 0 saturated heterocycles. The summed E-state index contributed by atoms with van der Waals surface area (Å²) in [5, 5.41) is 11.9. The van der Waals surface area contributed by atoms with E-state index in [1.165, 1.54) is 0 Å². The second-order valence-corrected chi connectivity index (χ2v) is 5.59. The fourth-order valence-corrected chi connectivity index (χ4v) is 1.72. The third-order valence-electron chi connectivity index (χ3n) is 2.78. The van der Waals surface area contributed by atoms with E-state index in [1.54, 1.807) is 4.68 Å². The Labute approximate surface area is 112 Å². The van der Waals surface area contributed by atoms with Gasteiger partial charge >= 0.3 is 0 Å². The van der Waals surface area contributed by atoms with Crippen molar-refractivity contribution >= 4 is 5.82 Å². The molecule has 0 aliphatic carbocycles. The molecule has 0 spiro atoms. The number of nitrogens with zero attached hydrogens (tertiary/aromatic N) is 5. The molecule has 0 atom stereocenters. The largest absolute Gasteiger partial charge is 0.381 e. The predicted molar refractivity (Wildman–Crippen MR) is 70.5 cm³/mol. The van der Waals surface area contributed by atoms with Gasteiger partial charge in [0.2, 0.25) is 5.89 Å². The van der Waals surface area contributed by atoms with Gasteiger partial charge in [-0.1, -0.05) is 44.5 Å². The Balaban J connectivity index is 2.20. The van der Waals surface area contributed by atoms with Gasteiger partial charge in [-0.2, -0.15) is 4.98 Å². The molecule has 2 heterocycles. The summed E-state index contributed by atoms with van der Waals surface area (Å²) in [6.07, 6.45) is 1.81. The van der Waals surface area contributed by atoms with Gasteiger partial charge in [0, 0.05) is 5.41 Å². The van der Waals surface area contributed by atoms with E-state index in [-0.39, 0.29) is 5.41 Å². The average molecular weight is 264 g/mol. The minimum Gasteiger partial charge on any atom is -0.381 e. The van der Waals surface area contributed by atoms with Crippen LogP contribution in [0.1, 0.15) is 51.5 Å². The Morgan fingerprint density at radius 3 is 2.63 bits per heavy atom. The van der Waals surface area contributed by atoms with Crippen molar-refractivity contribution in [3.8, 4) is 0 Å². The lowest BCUT2D eigenvalue weighted by Crippen LogP contribution is -2.14. The molecule has 0 unspecified atom stereocenters. The molecule has 0 saturated carbocycles. The number of aromatic nitrogens is 5. The highest BCUT2D eigenvalue weighted by Gasteiger charge is 2.21. The summed E-state index contributed by atoms with van der Waals surface area (Å²) in [4.78, 5) is 4.38. The summed E-state index contributed by atoms with van der Waals surface area (Å²) < 4.78 is 6.97. The maximum Gasteiger partial charge on any atom is 0.248 e. The Morgan fingerprint density at radius 1 is 1.32 bits per heavy atom. The highest BCUT2D eigenvalue weighted by molar-refractivity contribution is 5.33. The molecule has 0 bridgehead atoms. The van der Waals surface area contributed by atoms with E-state index in [2.05, 4.69) is 27.4 Å². The monoisotopic (exact) mass is 264 g/mol. The van der Waals surface area contributed by atoms with Gasteiger partial charge in [0.25, 0.3) is 0 Å². The molecule has 0 aliphatic heterocycles. The molecule has 0 aliphatic rings. The zero-order valence-electron chi connectivity index (χ0n) is 11.8. The summed E-state index contributed by atoms with van der Waals surface area (Å²) in [5.74, 6) is 1.68. The molecule has 7 nitrogen and oxygen atoms in total. The van der Waals surface area contributed by atoms with Crippen LogP contribution in [0.5, 0.6) is 0 Å². The van der Waals surface area contributed by atoms with Crippen molar-refractivity contribution < 1.29 is 4.52 Å². The van der Waals surface area contributed by atoms with Crippen LogP contribution in [0, 0.1) is 0 Å². The topological polar surface area (TPSA) is 95.7 Å². The van der Waals surface area contributed by atoms with Crippen molar-refractivity contribution in [1.29, 1.82) is 0 Å². The van der Waals surface area contributed by atoms with Crippen LogP contribution in [0.2, 0.25) is 0 Å². The fraction of sp³-hybridized carbons (Fsp3) is 0.667. The van der Waals surface area contributed by atoms with Crippen LogP contribution in [0.15, 0.2) is 4.52 Å². The first-order valence-corrected chi connectivity index (χ1v) is 6.42. The smallest absolute Gasteiger partial charge is 0.248 e.